The Morgan fingerprint density at radius 1 is 0.711 bits per heavy atom. The van der Waals surface area contributed by atoms with Gasteiger partial charge in [-0.05, 0) is 24.6 Å². The van der Waals surface area contributed by atoms with E-state index in [2.05, 4.69) is 0 Å². The second-order valence-electron chi connectivity index (χ2n) is 6.86. The molecule has 4 nitrogen and oxygen atoms in total. The van der Waals surface area contributed by atoms with E-state index in [0.29, 0.717) is 6.07 Å². The Bertz CT molecular complexity index is 1040. The molecule has 220 valence electrons. The summed E-state index contributed by atoms with van der Waals surface area (Å²) in [6, 6.07) is 2.44. The molecule has 1 rings (SSSR count). The molecule has 1 aromatic carbocycles. The third-order valence-electron chi connectivity index (χ3n) is 4.17. The lowest BCUT2D eigenvalue weighted by atomic mass is 10.1. The van der Waals surface area contributed by atoms with Gasteiger partial charge in [-0.25, -0.2) is 0 Å². The first kappa shape index (κ1) is 33.7. The van der Waals surface area contributed by atoms with Crippen molar-refractivity contribution in [3.8, 4) is 0 Å². The highest BCUT2D eigenvalue weighted by molar-refractivity contribution is 6.31. The zero-order chi connectivity index (χ0) is 30.6. The Labute approximate surface area is 202 Å². The van der Waals surface area contributed by atoms with Crippen molar-refractivity contribution in [2.45, 2.75) is 55.3 Å². The van der Waals surface area contributed by atoms with Crippen molar-refractivity contribution in [3.63, 3.8) is 0 Å². The van der Waals surface area contributed by atoms with E-state index >= 15 is 0 Å². The van der Waals surface area contributed by atoms with Gasteiger partial charge >= 0.3 is 48.4 Å². The van der Waals surface area contributed by atoms with Gasteiger partial charge in [0, 0.05) is 10.7 Å². The summed E-state index contributed by atoms with van der Waals surface area (Å²) >= 11 is 5.53. The van der Waals surface area contributed by atoms with Crippen LogP contribution in [-0.4, -0.2) is 54.3 Å². The third-order valence-corrected chi connectivity index (χ3v) is 4.58. The van der Waals surface area contributed by atoms with Crippen LogP contribution in [-0.2, 0) is 14.3 Å². The second-order valence-corrected chi connectivity index (χ2v) is 7.27. The Balaban J connectivity index is 3.67. The first-order valence-electron chi connectivity index (χ1n) is 8.67. The van der Waals surface area contributed by atoms with Gasteiger partial charge < -0.3 is 5.32 Å². The molecule has 1 amide bonds. The minimum atomic E-state index is -8.08. The first-order valence-corrected chi connectivity index (χ1v) is 9.04. The molecule has 2 atom stereocenters. The van der Waals surface area contributed by atoms with Gasteiger partial charge in [0.15, 0.2) is 0 Å². The van der Waals surface area contributed by atoms with Gasteiger partial charge in [0.25, 0.3) is 5.91 Å². The smallest absolute Gasteiger partial charge is 0.320 e. The molecule has 0 aliphatic rings. The van der Waals surface area contributed by atoms with E-state index in [4.69, 9.17) is 11.6 Å². The molecule has 22 heteroatoms. The molecule has 38 heavy (non-hydrogen) atoms. The van der Waals surface area contributed by atoms with Crippen molar-refractivity contribution < 1.29 is 88.9 Å². The predicted molar refractivity (Wildman–Crippen MR) is 87.7 cm³/mol. The minimum absolute atomic E-state index is 0.397. The number of carbonyl (C=O) groups excluding carboxylic acids is 1. The van der Waals surface area contributed by atoms with E-state index in [0.717, 1.165) is 24.4 Å². The summed E-state index contributed by atoms with van der Waals surface area (Å²) in [5, 5.41) is 0.469. The maximum Gasteiger partial charge on any atom is 0.462 e. The van der Waals surface area contributed by atoms with Crippen molar-refractivity contribution in [1.82, 2.24) is 0 Å². The Hall–Kier alpha value is -2.29. The van der Waals surface area contributed by atoms with Crippen LogP contribution in [0.5, 0.6) is 0 Å². The van der Waals surface area contributed by atoms with Gasteiger partial charge in [-0.2, -0.15) is 74.6 Å². The molecule has 0 saturated carbocycles. The Kier molecular flexibility index (Phi) is 8.63. The number of hydrogen-bond donors (Lipinski definition) is 1. The lowest BCUT2D eigenvalue weighted by molar-refractivity contribution is -0.548. The van der Waals surface area contributed by atoms with Gasteiger partial charge in [0.1, 0.15) is 0 Å². The molecule has 0 bridgehead atoms. The number of anilines is 1. The molecule has 0 saturated heterocycles. The second kappa shape index (κ2) is 9.72. The predicted octanol–water partition coefficient (Wildman–Crippen LogP) is 7.46. The summed E-state index contributed by atoms with van der Waals surface area (Å²) in [6.45, 7) is 0.897. The van der Waals surface area contributed by atoms with Crippen molar-refractivity contribution in [3.05, 3.63) is 28.8 Å². The van der Waals surface area contributed by atoms with Crippen molar-refractivity contribution in [2.24, 2.45) is 0 Å². The van der Waals surface area contributed by atoms with Crippen LogP contribution in [0.4, 0.5) is 80.3 Å². The third kappa shape index (κ3) is 5.82. The van der Waals surface area contributed by atoms with Crippen LogP contribution in [0.25, 0.3) is 0 Å². The van der Waals surface area contributed by atoms with E-state index < -0.39 is 70.6 Å². The highest BCUT2D eigenvalue weighted by atomic mass is 35.5. The molecule has 1 aromatic rings. The van der Waals surface area contributed by atoms with E-state index in [-0.39, 0.29) is 0 Å². The monoisotopic (exact) mass is 619 g/mol. The molecule has 0 fully saturated rings. The molecule has 0 radical (unpaired) electrons. The quantitative estimate of drug-likeness (QED) is 0.308. The molecule has 1 N–H and O–H groups in total. The van der Waals surface area contributed by atoms with Crippen molar-refractivity contribution in [2.75, 3.05) is 5.32 Å². The fraction of sp³-hybridized carbons (Fsp3) is 0.562. The molecule has 0 aliphatic heterocycles. The van der Waals surface area contributed by atoms with Crippen LogP contribution in [0.2, 0.25) is 5.02 Å². The molecule has 0 heterocycles. The van der Waals surface area contributed by atoms with Crippen LogP contribution >= 0.6 is 11.6 Å². The lowest BCUT2D eigenvalue weighted by Crippen LogP contribution is -2.68. The van der Waals surface area contributed by atoms with E-state index in [1.54, 1.807) is 0 Å². The summed E-state index contributed by atoms with van der Waals surface area (Å²) in [7, 11) is 0. The van der Waals surface area contributed by atoms with Crippen LogP contribution < -0.4 is 5.32 Å². The number of alkyl halides is 17. The van der Waals surface area contributed by atoms with Crippen molar-refractivity contribution in [1.29, 1.82) is 0 Å². The Morgan fingerprint density at radius 3 is 1.58 bits per heavy atom. The molecular formula is C16H7ClF17NO3. The highest BCUT2D eigenvalue weighted by Crippen LogP contribution is 2.56. The zero-order valence-electron chi connectivity index (χ0n) is 17.3. The number of amides is 1. The van der Waals surface area contributed by atoms with Gasteiger partial charge in [-0.15, -0.1) is 0 Å². The van der Waals surface area contributed by atoms with Crippen LogP contribution in [0.1, 0.15) is 5.56 Å². The van der Waals surface area contributed by atoms with Crippen molar-refractivity contribution >= 4 is 23.2 Å². The van der Waals surface area contributed by atoms with Gasteiger partial charge in [0.2, 0.25) is 0 Å². The van der Waals surface area contributed by atoms with Crippen LogP contribution in [0, 0.1) is 6.92 Å². The van der Waals surface area contributed by atoms with Crippen LogP contribution in [0.15, 0.2) is 18.2 Å². The minimum Gasteiger partial charge on any atom is -0.320 e. The largest absolute Gasteiger partial charge is 0.462 e. The lowest BCUT2D eigenvalue weighted by Gasteiger charge is -2.40. The van der Waals surface area contributed by atoms with E-state index in [9.17, 15) is 79.4 Å². The van der Waals surface area contributed by atoms with E-state index in [1.165, 1.54) is 4.74 Å². The zero-order valence-corrected chi connectivity index (χ0v) is 18.0. The SMILES string of the molecule is Cc1c(Cl)cccc1NC(=O)[C@@](F)(OC(F)(F)[C@@](F)(OC(F)(F)C(F)(F)C(F)(F)F)C(F)(F)F)C(F)(F)F. The fourth-order valence-electron chi connectivity index (χ4n) is 2.11. The standard InChI is InChI=1S/C16H7ClF17NO3/c1-5-6(17)3-2-4-7(5)35-8(36)9(18,12(22,23)24)37-16(33,34)11(21,14(28,29)30)38-15(31,32)10(19,20)13(25,26)27/h2-4H,1H3,(H,35,36)/t9-,11+/m1/s1. The number of benzene rings is 1. The number of rotatable bonds is 8. The van der Waals surface area contributed by atoms with Gasteiger partial charge in [-0.1, -0.05) is 17.7 Å². The molecule has 0 aliphatic carbocycles. The summed E-state index contributed by atoms with van der Waals surface area (Å²) in [6.07, 6.45) is -38.7. The van der Waals surface area contributed by atoms with E-state index in [1.807, 2.05) is 4.74 Å². The first-order chi connectivity index (χ1) is 16.5. The molecular weight excluding hydrogens is 613 g/mol. The number of nitrogens with one attached hydrogen (secondary N) is 1. The summed E-state index contributed by atoms with van der Waals surface area (Å²) < 4.78 is 227. The van der Waals surface area contributed by atoms with Crippen LogP contribution in [0.3, 0.4) is 0 Å². The number of ether oxygens (including phenoxy) is 2. The maximum atomic E-state index is 14.5. The molecule has 0 unspecified atom stereocenters. The maximum absolute atomic E-state index is 14.5. The summed E-state index contributed by atoms with van der Waals surface area (Å²) in [5.41, 5.74) is -1.40. The normalized spacial score (nSPS) is 17.6. The molecule has 0 spiro atoms. The fourth-order valence-corrected chi connectivity index (χ4v) is 2.28. The van der Waals surface area contributed by atoms with Gasteiger partial charge in [-0.3, -0.25) is 14.3 Å². The average Bonchev–Trinajstić information content (AvgIpc) is 2.67. The Morgan fingerprint density at radius 2 is 1.18 bits per heavy atom. The molecule has 0 aromatic heterocycles. The highest BCUT2D eigenvalue weighted by Gasteiger charge is 2.85. The summed E-state index contributed by atoms with van der Waals surface area (Å²) in [4.78, 5) is 11.8. The topological polar surface area (TPSA) is 47.6 Å². The number of hydrogen-bond acceptors (Lipinski definition) is 3. The number of carbonyl (C=O) groups is 1. The summed E-state index contributed by atoms with van der Waals surface area (Å²) in [5.74, 6) is -26.3. The van der Waals surface area contributed by atoms with Gasteiger partial charge in [0.05, 0.1) is 0 Å². The number of halogens is 18. The average molecular weight is 620 g/mol.